The third-order valence-electron chi connectivity index (χ3n) is 4.62. The van der Waals surface area contributed by atoms with Gasteiger partial charge in [-0.05, 0) is 36.8 Å². The molecule has 1 N–H and O–H groups in total. The van der Waals surface area contributed by atoms with Gasteiger partial charge in [0.25, 0.3) is 5.91 Å². The van der Waals surface area contributed by atoms with E-state index in [2.05, 4.69) is 36.7 Å². The Morgan fingerprint density at radius 2 is 1.62 bits per heavy atom. The van der Waals surface area contributed by atoms with Gasteiger partial charge in [-0.2, -0.15) is 5.10 Å². The Morgan fingerprint density at radius 1 is 0.969 bits per heavy atom. The minimum Gasteiger partial charge on any atom is -0.272 e. The van der Waals surface area contributed by atoms with Crippen molar-refractivity contribution in [3.8, 4) is 17.1 Å². The number of benzene rings is 3. The molecule has 0 aliphatic heterocycles. The van der Waals surface area contributed by atoms with Crippen molar-refractivity contribution in [3.63, 3.8) is 0 Å². The first-order valence-corrected chi connectivity index (χ1v) is 11.7. The molecule has 0 saturated carbocycles. The summed E-state index contributed by atoms with van der Waals surface area (Å²) in [5.74, 6) is 0.666. The molecule has 0 radical (unpaired) electrons. The van der Waals surface area contributed by atoms with E-state index in [0.717, 1.165) is 27.0 Å². The van der Waals surface area contributed by atoms with Crippen LogP contribution in [-0.4, -0.2) is 32.1 Å². The van der Waals surface area contributed by atoms with Gasteiger partial charge in [0.05, 0.1) is 11.5 Å². The molecule has 0 bridgehead atoms. The zero-order valence-corrected chi connectivity index (χ0v) is 19.7. The number of aromatic nitrogens is 3. The molecule has 0 unspecified atom stereocenters. The van der Waals surface area contributed by atoms with E-state index in [4.69, 9.17) is 0 Å². The summed E-state index contributed by atoms with van der Waals surface area (Å²) in [5, 5.41) is 13.6. The van der Waals surface area contributed by atoms with Crippen molar-refractivity contribution in [2.24, 2.45) is 5.10 Å². The lowest BCUT2D eigenvalue weighted by atomic mass is 10.1. The molecule has 6 nitrogen and oxygen atoms in total. The minimum atomic E-state index is -0.210. The molecule has 0 aliphatic carbocycles. The van der Waals surface area contributed by atoms with Gasteiger partial charge < -0.3 is 0 Å². The number of hydrogen-bond donors (Lipinski definition) is 1. The van der Waals surface area contributed by atoms with Crippen molar-refractivity contribution < 1.29 is 4.79 Å². The van der Waals surface area contributed by atoms with Crippen LogP contribution >= 0.6 is 27.7 Å². The molecule has 1 aromatic heterocycles. The van der Waals surface area contributed by atoms with Crippen LogP contribution in [0.2, 0.25) is 0 Å². The summed E-state index contributed by atoms with van der Waals surface area (Å²) in [5.41, 5.74) is 6.19. The van der Waals surface area contributed by atoms with E-state index in [1.54, 1.807) is 0 Å². The molecule has 0 spiro atoms. The molecule has 4 aromatic rings. The summed E-state index contributed by atoms with van der Waals surface area (Å²) in [4.78, 5) is 12.4. The van der Waals surface area contributed by atoms with E-state index in [1.165, 1.54) is 11.8 Å². The van der Waals surface area contributed by atoms with Crippen LogP contribution in [0.15, 0.2) is 99.7 Å². The van der Waals surface area contributed by atoms with E-state index in [0.29, 0.717) is 11.0 Å². The molecule has 0 fully saturated rings. The maximum absolute atomic E-state index is 12.4. The Hall–Kier alpha value is -3.23. The molecule has 1 heterocycles. The van der Waals surface area contributed by atoms with Gasteiger partial charge in [-0.25, -0.2) is 5.43 Å². The average Bonchev–Trinajstić information content (AvgIpc) is 3.26. The highest BCUT2D eigenvalue weighted by Crippen LogP contribution is 2.28. The molecule has 0 aliphatic rings. The molecule has 0 saturated heterocycles. The van der Waals surface area contributed by atoms with Crippen LogP contribution in [0.4, 0.5) is 0 Å². The van der Waals surface area contributed by atoms with Crippen molar-refractivity contribution in [2.45, 2.75) is 12.1 Å². The van der Waals surface area contributed by atoms with E-state index < -0.39 is 0 Å². The van der Waals surface area contributed by atoms with E-state index >= 15 is 0 Å². The summed E-state index contributed by atoms with van der Waals surface area (Å²) < 4.78 is 2.95. The van der Waals surface area contributed by atoms with Gasteiger partial charge in [0.2, 0.25) is 0 Å². The minimum absolute atomic E-state index is 0.164. The Kier molecular flexibility index (Phi) is 7.14. The zero-order valence-electron chi connectivity index (χ0n) is 17.3. The van der Waals surface area contributed by atoms with Gasteiger partial charge in [-0.3, -0.25) is 9.36 Å². The normalized spacial score (nSPS) is 11.4. The number of carbonyl (C=O) groups excluding carboxylic acids is 1. The van der Waals surface area contributed by atoms with Crippen LogP contribution in [0.5, 0.6) is 0 Å². The largest absolute Gasteiger partial charge is 0.272 e. The van der Waals surface area contributed by atoms with Crippen LogP contribution in [0, 0.1) is 0 Å². The lowest BCUT2D eigenvalue weighted by Gasteiger charge is -2.10. The molecular weight excluding hydrogens is 486 g/mol. The van der Waals surface area contributed by atoms with Crippen molar-refractivity contribution in [1.29, 1.82) is 0 Å². The SMILES string of the molecule is C/C(=N\NC(=O)CSc1nnc(-c2ccc(Br)cc2)n1-c1ccccc1)c1ccccc1. The van der Waals surface area contributed by atoms with Gasteiger partial charge in [0, 0.05) is 15.7 Å². The monoisotopic (exact) mass is 505 g/mol. The molecule has 0 atom stereocenters. The summed E-state index contributed by atoms with van der Waals surface area (Å²) >= 11 is 4.78. The van der Waals surface area contributed by atoms with E-state index in [-0.39, 0.29) is 11.7 Å². The van der Waals surface area contributed by atoms with Crippen molar-refractivity contribution in [3.05, 3.63) is 95.0 Å². The summed E-state index contributed by atoms with van der Waals surface area (Å²) in [6.07, 6.45) is 0. The third kappa shape index (κ3) is 5.33. The third-order valence-corrected chi connectivity index (χ3v) is 6.08. The molecule has 160 valence electrons. The highest BCUT2D eigenvalue weighted by Gasteiger charge is 2.17. The lowest BCUT2D eigenvalue weighted by molar-refractivity contribution is -0.118. The van der Waals surface area contributed by atoms with Crippen LogP contribution in [0.25, 0.3) is 17.1 Å². The first-order valence-electron chi connectivity index (χ1n) is 9.90. The fourth-order valence-corrected chi connectivity index (χ4v) is 4.02. The Balaban J connectivity index is 1.52. The smallest absolute Gasteiger partial charge is 0.250 e. The second kappa shape index (κ2) is 10.4. The summed E-state index contributed by atoms with van der Waals surface area (Å²) in [6, 6.07) is 27.5. The number of nitrogens with one attached hydrogen (secondary N) is 1. The van der Waals surface area contributed by atoms with Crippen LogP contribution in [-0.2, 0) is 4.79 Å². The first kappa shape index (κ1) is 22.0. The van der Waals surface area contributed by atoms with Gasteiger partial charge in [0.15, 0.2) is 11.0 Å². The number of hydrogen-bond acceptors (Lipinski definition) is 5. The average molecular weight is 506 g/mol. The van der Waals surface area contributed by atoms with Gasteiger partial charge in [0.1, 0.15) is 0 Å². The second-order valence-electron chi connectivity index (χ2n) is 6.87. The Morgan fingerprint density at radius 3 is 2.31 bits per heavy atom. The summed E-state index contributed by atoms with van der Waals surface area (Å²) in [6.45, 7) is 1.86. The fraction of sp³-hybridized carbons (Fsp3) is 0.0833. The lowest BCUT2D eigenvalue weighted by Crippen LogP contribution is -2.21. The van der Waals surface area contributed by atoms with Crippen molar-refractivity contribution in [1.82, 2.24) is 20.2 Å². The number of nitrogens with zero attached hydrogens (tertiary/aromatic N) is 4. The molecule has 4 rings (SSSR count). The molecule has 1 amide bonds. The van der Waals surface area contributed by atoms with Crippen LogP contribution < -0.4 is 5.43 Å². The van der Waals surface area contributed by atoms with Crippen LogP contribution in [0.1, 0.15) is 12.5 Å². The number of hydrazone groups is 1. The predicted molar refractivity (Wildman–Crippen MR) is 132 cm³/mol. The topological polar surface area (TPSA) is 72.2 Å². The van der Waals surface area contributed by atoms with Crippen molar-refractivity contribution >= 4 is 39.3 Å². The summed E-state index contributed by atoms with van der Waals surface area (Å²) in [7, 11) is 0. The molecular formula is C24H20BrN5OS. The van der Waals surface area contributed by atoms with Crippen LogP contribution in [0.3, 0.4) is 0 Å². The zero-order chi connectivity index (χ0) is 22.3. The van der Waals surface area contributed by atoms with Gasteiger partial charge in [-0.15, -0.1) is 10.2 Å². The number of para-hydroxylation sites is 1. The fourth-order valence-electron chi connectivity index (χ4n) is 3.01. The van der Waals surface area contributed by atoms with E-state index in [9.17, 15) is 4.79 Å². The highest BCUT2D eigenvalue weighted by atomic mass is 79.9. The Bertz CT molecular complexity index is 1220. The Labute approximate surface area is 198 Å². The highest BCUT2D eigenvalue weighted by molar-refractivity contribution is 9.10. The number of rotatable bonds is 7. The van der Waals surface area contributed by atoms with Gasteiger partial charge >= 0.3 is 0 Å². The maximum Gasteiger partial charge on any atom is 0.250 e. The van der Waals surface area contributed by atoms with Crippen molar-refractivity contribution in [2.75, 3.05) is 5.75 Å². The molecule has 32 heavy (non-hydrogen) atoms. The van der Waals surface area contributed by atoms with E-state index in [1.807, 2.05) is 96.4 Å². The molecule has 8 heteroatoms. The standard InChI is InChI=1S/C24H20BrN5OS/c1-17(18-8-4-2-5-9-18)26-27-22(31)16-32-24-29-28-23(19-12-14-20(25)15-13-19)30(24)21-10-6-3-7-11-21/h2-15H,16H2,1H3,(H,27,31)/b26-17+. The number of thioether (sulfide) groups is 1. The second-order valence-corrected chi connectivity index (χ2v) is 8.73. The number of carbonyl (C=O) groups is 1. The first-order chi connectivity index (χ1) is 15.6. The number of amides is 1. The predicted octanol–water partition coefficient (Wildman–Crippen LogP) is 5.33. The number of halogens is 1. The maximum atomic E-state index is 12.4. The molecule has 3 aromatic carbocycles. The van der Waals surface area contributed by atoms with Gasteiger partial charge in [-0.1, -0.05) is 88.4 Å². The quantitative estimate of drug-likeness (QED) is 0.209.